The highest BCUT2D eigenvalue weighted by molar-refractivity contribution is 5.96. The number of para-hydroxylation sites is 1. The fraction of sp³-hybridized carbons (Fsp3) is 0.385. The van der Waals surface area contributed by atoms with E-state index in [4.69, 9.17) is 9.47 Å². The molecule has 0 amide bonds. The number of Topliss-reactive ketones (excluding diaryl/α,β-unsaturated/α-hetero) is 1. The van der Waals surface area contributed by atoms with Gasteiger partial charge in [-0.05, 0) is 13.0 Å². The van der Waals surface area contributed by atoms with Gasteiger partial charge in [-0.3, -0.25) is 9.59 Å². The van der Waals surface area contributed by atoms with Crippen molar-refractivity contribution in [1.82, 2.24) is 0 Å². The summed E-state index contributed by atoms with van der Waals surface area (Å²) < 4.78 is 9.85. The first-order valence-corrected chi connectivity index (χ1v) is 5.46. The maximum Gasteiger partial charge on any atom is 0.313 e. The highest BCUT2D eigenvalue weighted by atomic mass is 16.5. The van der Waals surface area contributed by atoms with Crippen LogP contribution in [-0.2, 0) is 20.7 Å². The van der Waals surface area contributed by atoms with Crippen LogP contribution in [0, 0.1) is 0 Å². The van der Waals surface area contributed by atoms with E-state index in [-0.39, 0.29) is 18.6 Å². The van der Waals surface area contributed by atoms with E-state index in [2.05, 4.69) is 0 Å². The van der Waals surface area contributed by atoms with Crippen LogP contribution in [0.4, 0.5) is 0 Å². The van der Waals surface area contributed by atoms with Crippen molar-refractivity contribution < 1.29 is 19.1 Å². The normalized spacial score (nSPS) is 9.76. The molecule has 0 aromatic heterocycles. The van der Waals surface area contributed by atoms with Crippen LogP contribution in [0.2, 0.25) is 0 Å². The molecule has 0 saturated heterocycles. The number of carbonyl (C=O) groups excluding carboxylic acids is 2. The summed E-state index contributed by atoms with van der Waals surface area (Å²) in [7, 11) is 1.55. The molecule has 17 heavy (non-hydrogen) atoms. The summed E-state index contributed by atoms with van der Waals surface area (Å²) in [6, 6.07) is 7.25. The molecule has 0 aliphatic heterocycles. The number of benzene rings is 1. The van der Waals surface area contributed by atoms with E-state index in [9.17, 15) is 9.59 Å². The number of carbonyl (C=O) groups is 2. The largest absolute Gasteiger partial charge is 0.496 e. The van der Waals surface area contributed by atoms with E-state index in [1.807, 2.05) is 18.2 Å². The minimum atomic E-state index is -0.479. The second kappa shape index (κ2) is 6.68. The SMILES string of the molecule is CCOC(=O)CC(=O)Cc1ccccc1OC. The Balaban J connectivity index is 2.59. The lowest BCUT2D eigenvalue weighted by Crippen LogP contribution is -2.13. The maximum absolute atomic E-state index is 11.6. The van der Waals surface area contributed by atoms with E-state index in [1.165, 1.54) is 0 Å². The smallest absolute Gasteiger partial charge is 0.313 e. The second-order valence-electron chi connectivity index (χ2n) is 3.51. The first kappa shape index (κ1) is 13.2. The molecule has 92 valence electrons. The summed E-state index contributed by atoms with van der Waals surface area (Å²) in [6.07, 6.45) is -0.00524. The van der Waals surface area contributed by atoms with Gasteiger partial charge >= 0.3 is 5.97 Å². The van der Waals surface area contributed by atoms with Gasteiger partial charge in [0.1, 0.15) is 18.0 Å². The van der Waals surface area contributed by atoms with Crippen LogP contribution in [0.5, 0.6) is 5.75 Å². The Kier molecular flexibility index (Phi) is 5.20. The molecule has 1 aromatic carbocycles. The van der Waals surface area contributed by atoms with Crippen molar-refractivity contribution in [2.45, 2.75) is 19.8 Å². The molecule has 1 rings (SSSR count). The van der Waals surface area contributed by atoms with Crippen molar-refractivity contribution in [3.63, 3.8) is 0 Å². The summed E-state index contributed by atoms with van der Waals surface area (Å²) >= 11 is 0. The quantitative estimate of drug-likeness (QED) is 0.558. The van der Waals surface area contributed by atoms with Gasteiger partial charge in [-0.15, -0.1) is 0 Å². The van der Waals surface area contributed by atoms with E-state index >= 15 is 0 Å². The molecule has 0 bridgehead atoms. The Morgan fingerprint density at radius 2 is 1.94 bits per heavy atom. The molecule has 0 saturated carbocycles. The fourth-order valence-corrected chi connectivity index (χ4v) is 1.50. The summed E-state index contributed by atoms with van der Waals surface area (Å²) in [5.74, 6) is 0.00468. The molecule has 0 spiro atoms. The van der Waals surface area contributed by atoms with Crippen LogP contribution >= 0.6 is 0 Å². The van der Waals surface area contributed by atoms with Gasteiger partial charge in [0.25, 0.3) is 0 Å². The number of ketones is 1. The average Bonchev–Trinajstić information content (AvgIpc) is 2.29. The third-order valence-corrected chi connectivity index (χ3v) is 2.23. The third-order valence-electron chi connectivity index (χ3n) is 2.23. The van der Waals surface area contributed by atoms with Crippen molar-refractivity contribution in [2.24, 2.45) is 0 Å². The van der Waals surface area contributed by atoms with E-state index in [0.29, 0.717) is 12.4 Å². The lowest BCUT2D eigenvalue weighted by atomic mass is 10.1. The summed E-state index contributed by atoms with van der Waals surface area (Å²) in [5, 5.41) is 0. The molecular weight excluding hydrogens is 220 g/mol. The topological polar surface area (TPSA) is 52.6 Å². The summed E-state index contributed by atoms with van der Waals surface area (Å²) in [4.78, 5) is 22.7. The monoisotopic (exact) mass is 236 g/mol. The summed E-state index contributed by atoms with van der Waals surface area (Å²) in [6.45, 7) is 2.00. The van der Waals surface area contributed by atoms with Gasteiger partial charge in [0.05, 0.1) is 13.7 Å². The zero-order valence-electron chi connectivity index (χ0n) is 10.1. The molecule has 0 aliphatic carbocycles. The van der Waals surface area contributed by atoms with Gasteiger partial charge < -0.3 is 9.47 Å². The molecule has 0 radical (unpaired) electrons. The lowest BCUT2D eigenvalue weighted by Gasteiger charge is -2.07. The molecule has 0 N–H and O–H groups in total. The Hall–Kier alpha value is -1.84. The average molecular weight is 236 g/mol. The number of hydrogen-bond acceptors (Lipinski definition) is 4. The summed E-state index contributed by atoms with van der Waals surface area (Å²) in [5.41, 5.74) is 0.782. The number of hydrogen-bond donors (Lipinski definition) is 0. The molecular formula is C13H16O4. The van der Waals surface area contributed by atoms with Crippen LogP contribution < -0.4 is 4.74 Å². The van der Waals surface area contributed by atoms with Crippen LogP contribution in [0.3, 0.4) is 0 Å². The highest BCUT2D eigenvalue weighted by Gasteiger charge is 2.13. The fourth-order valence-electron chi connectivity index (χ4n) is 1.50. The molecule has 0 heterocycles. The lowest BCUT2D eigenvalue weighted by molar-refractivity contribution is -0.145. The van der Waals surface area contributed by atoms with Crippen molar-refractivity contribution >= 4 is 11.8 Å². The number of rotatable bonds is 6. The van der Waals surface area contributed by atoms with Gasteiger partial charge in [-0.1, -0.05) is 18.2 Å². The number of esters is 1. The van der Waals surface area contributed by atoms with Crippen LogP contribution in [0.25, 0.3) is 0 Å². The molecule has 0 aliphatic rings. The standard InChI is InChI=1S/C13H16O4/c1-3-17-13(15)9-11(14)8-10-6-4-5-7-12(10)16-2/h4-7H,3,8-9H2,1-2H3. The van der Waals surface area contributed by atoms with Crippen molar-refractivity contribution in [3.8, 4) is 5.75 Å². The van der Waals surface area contributed by atoms with Gasteiger partial charge in [-0.25, -0.2) is 0 Å². The number of methoxy groups -OCH3 is 1. The Labute approximate surface area is 101 Å². The minimum Gasteiger partial charge on any atom is -0.496 e. The van der Waals surface area contributed by atoms with Gasteiger partial charge in [0.15, 0.2) is 0 Å². The van der Waals surface area contributed by atoms with E-state index < -0.39 is 5.97 Å². The molecule has 4 heteroatoms. The predicted molar refractivity (Wildman–Crippen MR) is 63.0 cm³/mol. The van der Waals surface area contributed by atoms with Crippen molar-refractivity contribution in [3.05, 3.63) is 29.8 Å². The minimum absolute atomic E-state index is 0.173. The van der Waals surface area contributed by atoms with Crippen LogP contribution in [0.15, 0.2) is 24.3 Å². The van der Waals surface area contributed by atoms with Gasteiger partial charge in [0.2, 0.25) is 0 Å². The zero-order chi connectivity index (χ0) is 12.7. The van der Waals surface area contributed by atoms with Crippen LogP contribution in [-0.4, -0.2) is 25.5 Å². The third kappa shape index (κ3) is 4.26. The Bertz CT molecular complexity index is 398. The molecule has 1 aromatic rings. The maximum atomic E-state index is 11.6. The van der Waals surface area contributed by atoms with Crippen molar-refractivity contribution in [1.29, 1.82) is 0 Å². The predicted octanol–water partition coefficient (Wildman–Crippen LogP) is 1.76. The number of ether oxygens (including phenoxy) is 2. The van der Waals surface area contributed by atoms with Gasteiger partial charge in [0, 0.05) is 12.0 Å². The van der Waals surface area contributed by atoms with E-state index in [1.54, 1.807) is 20.1 Å². The Morgan fingerprint density at radius 1 is 1.24 bits per heavy atom. The zero-order valence-corrected chi connectivity index (χ0v) is 10.1. The first-order valence-electron chi connectivity index (χ1n) is 5.46. The first-order chi connectivity index (χ1) is 8.17. The Morgan fingerprint density at radius 3 is 2.59 bits per heavy atom. The molecule has 0 atom stereocenters. The molecule has 0 fully saturated rings. The van der Waals surface area contributed by atoms with Gasteiger partial charge in [-0.2, -0.15) is 0 Å². The highest BCUT2D eigenvalue weighted by Crippen LogP contribution is 2.18. The van der Waals surface area contributed by atoms with Crippen molar-refractivity contribution in [2.75, 3.05) is 13.7 Å². The van der Waals surface area contributed by atoms with Crippen LogP contribution in [0.1, 0.15) is 18.9 Å². The van der Waals surface area contributed by atoms with E-state index in [0.717, 1.165) is 5.56 Å². The molecule has 4 nitrogen and oxygen atoms in total. The molecule has 0 unspecified atom stereocenters. The second-order valence-corrected chi connectivity index (χ2v) is 3.51.